The number of aromatic nitrogens is 2. The molecular weight excluding hydrogens is 272 g/mol. The van der Waals surface area contributed by atoms with E-state index in [1.807, 2.05) is 30.3 Å². The van der Waals surface area contributed by atoms with Crippen molar-refractivity contribution in [3.63, 3.8) is 0 Å². The number of rotatable bonds is 4. The van der Waals surface area contributed by atoms with E-state index >= 15 is 0 Å². The number of nitro benzene ring substituents is 1. The maximum atomic E-state index is 10.9. The predicted octanol–water partition coefficient (Wildman–Crippen LogP) is 3.39. The lowest BCUT2D eigenvalue weighted by Crippen LogP contribution is -1.96. The van der Waals surface area contributed by atoms with Crippen LogP contribution in [0.4, 0.5) is 17.4 Å². The van der Waals surface area contributed by atoms with Gasteiger partial charge >= 0.3 is 6.01 Å². The van der Waals surface area contributed by atoms with Gasteiger partial charge in [0, 0.05) is 11.6 Å². The Kier molecular flexibility index (Phi) is 3.30. The van der Waals surface area contributed by atoms with Crippen LogP contribution in [0.3, 0.4) is 0 Å². The van der Waals surface area contributed by atoms with Gasteiger partial charge in [-0.3, -0.25) is 10.1 Å². The van der Waals surface area contributed by atoms with Crippen molar-refractivity contribution in [3.8, 4) is 11.5 Å². The highest BCUT2D eigenvalue weighted by molar-refractivity contribution is 5.66. The molecule has 0 aliphatic heterocycles. The van der Waals surface area contributed by atoms with Crippen molar-refractivity contribution in [2.24, 2.45) is 0 Å². The molecule has 0 fully saturated rings. The molecule has 0 saturated carbocycles. The average Bonchev–Trinajstić information content (AvgIpc) is 2.97. The first-order valence-electron chi connectivity index (χ1n) is 6.13. The minimum absolute atomic E-state index is 0.0584. The van der Waals surface area contributed by atoms with Gasteiger partial charge in [-0.2, -0.15) is 0 Å². The Labute approximate surface area is 119 Å². The van der Waals surface area contributed by atoms with Gasteiger partial charge in [-0.15, -0.1) is 5.10 Å². The lowest BCUT2D eigenvalue weighted by atomic mass is 10.2. The molecule has 0 amide bonds. The highest BCUT2D eigenvalue weighted by Crippen LogP contribution is 2.27. The lowest BCUT2D eigenvalue weighted by molar-refractivity contribution is -0.383. The average molecular weight is 282 g/mol. The smallest absolute Gasteiger partial charge is 0.320 e. The fraction of sp³-hybridized carbons (Fsp3) is 0. The summed E-state index contributed by atoms with van der Waals surface area (Å²) in [7, 11) is 0. The molecule has 0 radical (unpaired) electrons. The number of benzene rings is 2. The van der Waals surface area contributed by atoms with Crippen molar-refractivity contribution in [2.75, 3.05) is 5.32 Å². The van der Waals surface area contributed by atoms with Gasteiger partial charge in [0.2, 0.25) is 5.89 Å². The van der Waals surface area contributed by atoms with E-state index in [-0.39, 0.29) is 11.7 Å². The largest absolute Gasteiger partial charge is 0.403 e. The minimum atomic E-state index is -0.475. The fourth-order valence-corrected chi connectivity index (χ4v) is 1.82. The minimum Gasteiger partial charge on any atom is -0.403 e. The van der Waals surface area contributed by atoms with Gasteiger partial charge in [0.1, 0.15) is 5.69 Å². The molecule has 0 bridgehead atoms. The topological polar surface area (TPSA) is 94.1 Å². The van der Waals surface area contributed by atoms with Crippen molar-refractivity contribution in [3.05, 3.63) is 64.7 Å². The standard InChI is InChI=1S/C14H10N4O3/c19-18(20)12-9-5-4-8-11(12)15-14-17-16-13(21-14)10-6-2-1-3-7-10/h1-9H,(H,15,17). The summed E-state index contributed by atoms with van der Waals surface area (Å²) < 4.78 is 5.45. The summed E-state index contributed by atoms with van der Waals surface area (Å²) in [6, 6.07) is 15.6. The number of nitro groups is 1. The first kappa shape index (κ1) is 12.8. The second-order valence-electron chi connectivity index (χ2n) is 4.18. The van der Waals surface area contributed by atoms with Crippen molar-refractivity contribution >= 4 is 17.4 Å². The van der Waals surface area contributed by atoms with Crippen LogP contribution >= 0.6 is 0 Å². The summed E-state index contributed by atoms with van der Waals surface area (Å²) in [5, 5.41) is 21.4. The van der Waals surface area contributed by atoms with Crippen LogP contribution in [-0.2, 0) is 0 Å². The van der Waals surface area contributed by atoms with E-state index in [0.29, 0.717) is 11.6 Å². The van der Waals surface area contributed by atoms with Crippen LogP contribution < -0.4 is 5.32 Å². The summed E-state index contributed by atoms with van der Waals surface area (Å²) in [4.78, 5) is 10.5. The van der Waals surface area contributed by atoms with E-state index in [4.69, 9.17) is 4.42 Å². The zero-order chi connectivity index (χ0) is 14.7. The molecule has 3 rings (SSSR count). The molecule has 0 aliphatic carbocycles. The molecule has 1 aromatic heterocycles. The molecule has 3 aromatic rings. The first-order chi connectivity index (χ1) is 10.2. The third kappa shape index (κ3) is 2.71. The van der Waals surface area contributed by atoms with Crippen LogP contribution in [0.15, 0.2) is 59.0 Å². The SMILES string of the molecule is O=[N+]([O-])c1ccccc1Nc1nnc(-c2ccccc2)o1. The van der Waals surface area contributed by atoms with Crippen LogP contribution in [0.1, 0.15) is 0 Å². The van der Waals surface area contributed by atoms with Gasteiger partial charge in [0.05, 0.1) is 4.92 Å². The number of hydrogen-bond acceptors (Lipinski definition) is 6. The second kappa shape index (κ2) is 5.41. The molecule has 104 valence electrons. The summed E-state index contributed by atoms with van der Waals surface area (Å²) in [5.41, 5.74) is 1.02. The van der Waals surface area contributed by atoms with Crippen molar-refractivity contribution in [1.29, 1.82) is 0 Å². The monoisotopic (exact) mass is 282 g/mol. The third-order valence-electron chi connectivity index (χ3n) is 2.79. The maximum Gasteiger partial charge on any atom is 0.320 e. The predicted molar refractivity (Wildman–Crippen MR) is 76.1 cm³/mol. The van der Waals surface area contributed by atoms with E-state index in [1.54, 1.807) is 18.2 Å². The number of hydrogen-bond donors (Lipinski definition) is 1. The van der Waals surface area contributed by atoms with Gasteiger partial charge in [0.25, 0.3) is 5.69 Å². The van der Waals surface area contributed by atoms with Crippen molar-refractivity contribution < 1.29 is 9.34 Å². The van der Waals surface area contributed by atoms with Crippen LogP contribution in [0, 0.1) is 10.1 Å². The molecule has 7 heteroatoms. The van der Waals surface area contributed by atoms with E-state index < -0.39 is 4.92 Å². The highest BCUT2D eigenvalue weighted by atomic mass is 16.6. The number of anilines is 2. The van der Waals surface area contributed by atoms with E-state index in [0.717, 1.165) is 5.56 Å². The third-order valence-corrected chi connectivity index (χ3v) is 2.79. The number of para-hydroxylation sites is 2. The molecule has 7 nitrogen and oxygen atoms in total. The van der Waals surface area contributed by atoms with E-state index in [9.17, 15) is 10.1 Å². The highest BCUT2D eigenvalue weighted by Gasteiger charge is 2.15. The van der Waals surface area contributed by atoms with Gasteiger partial charge in [0.15, 0.2) is 0 Å². The van der Waals surface area contributed by atoms with Crippen molar-refractivity contribution in [2.45, 2.75) is 0 Å². The summed E-state index contributed by atoms with van der Waals surface area (Å²) in [6.45, 7) is 0. The Bertz CT molecular complexity index is 771. The molecule has 21 heavy (non-hydrogen) atoms. The van der Waals surface area contributed by atoms with E-state index in [2.05, 4.69) is 15.5 Å². The zero-order valence-corrected chi connectivity index (χ0v) is 10.8. The van der Waals surface area contributed by atoms with Crippen LogP contribution in [-0.4, -0.2) is 15.1 Å². The molecule has 2 aromatic carbocycles. The van der Waals surface area contributed by atoms with Crippen LogP contribution in [0.25, 0.3) is 11.5 Å². The molecule has 1 N–H and O–H groups in total. The van der Waals surface area contributed by atoms with Gasteiger partial charge in [-0.05, 0) is 18.2 Å². The molecule has 0 aliphatic rings. The zero-order valence-electron chi connectivity index (χ0n) is 10.8. The summed E-state index contributed by atoms with van der Waals surface area (Å²) in [5.74, 6) is 0.344. The number of nitrogens with zero attached hydrogens (tertiary/aromatic N) is 3. The molecule has 0 atom stereocenters. The van der Waals surface area contributed by atoms with E-state index in [1.165, 1.54) is 6.07 Å². The molecule has 0 unspecified atom stereocenters. The normalized spacial score (nSPS) is 10.3. The lowest BCUT2D eigenvalue weighted by Gasteiger charge is -2.01. The molecular formula is C14H10N4O3. The number of nitrogens with one attached hydrogen (secondary N) is 1. The van der Waals surface area contributed by atoms with Crippen LogP contribution in [0.2, 0.25) is 0 Å². The Hall–Kier alpha value is -3.22. The maximum absolute atomic E-state index is 10.9. The Balaban J connectivity index is 1.87. The Morgan fingerprint density at radius 3 is 2.48 bits per heavy atom. The second-order valence-corrected chi connectivity index (χ2v) is 4.18. The van der Waals surface area contributed by atoms with Crippen LogP contribution in [0.5, 0.6) is 0 Å². The Morgan fingerprint density at radius 2 is 1.71 bits per heavy atom. The van der Waals surface area contributed by atoms with Gasteiger partial charge in [-0.25, -0.2) is 0 Å². The molecule has 1 heterocycles. The van der Waals surface area contributed by atoms with Gasteiger partial charge in [-0.1, -0.05) is 35.4 Å². The Morgan fingerprint density at radius 1 is 1.00 bits per heavy atom. The quantitative estimate of drug-likeness (QED) is 0.582. The summed E-state index contributed by atoms with van der Waals surface area (Å²) >= 11 is 0. The van der Waals surface area contributed by atoms with Crippen molar-refractivity contribution in [1.82, 2.24) is 10.2 Å². The summed E-state index contributed by atoms with van der Waals surface area (Å²) in [6.07, 6.45) is 0. The first-order valence-corrected chi connectivity index (χ1v) is 6.13. The molecule has 0 saturated heterocycles. The molecule has 0 spiro atoms. The fourth-order valence-electron chi connectivity index (χ4n) is 1.82. The van der Waals surface area contributed by atoms with Gasteiger partial charge < -0.3 is 9.73 Å².